The molecule has 0 aromatic heterocycles. The quantitative estimate of drug-likeness (QED) is 0.641. The number of esters is 1. The van der Waals surface area contributed by atoms with E-state index in [1.807, 2.05) is 20.8 Å². The van der Waals surface area contributed by atoms with Gasteiger partial charge >= 0.3 is 5.97 Å². The normalized spacial score (nSPS) is 12.9. The minimum atomic E-state index is -0.650. The van der Waals surface area contributed by atoms with E-state index in [0.717, 1.165) is 0 Å². The van der Waals surface area contributed by atoms with E-state index in [-0.39, 0.29) is 5.97 Å². The molecule has 0 amide bonds. The summed E-state index contributed by atoms with van der Waals surface area (Å²) in [5, 5.41) is 0. The lowest BCUT2D eigenvalue weighted by molar-refractivity contribution is -0.109. The van der Waals surface area contributed by atoms with Crippen molar-refractivity contribution in [2.24, 2.45) is 5.73 Å². The maximum atomic E-state index is 11.7. The number of hydrogen-bond acceptors (Lipinski definition) is 4. The van der Waals surface area contributed by atoms with Crippen LogP contribution in [0.5, 0.6) is 0 Å². The smallest absolute Gasteiger partial charge is 0.338 e. The third-order valence-electron chi connectivity index (χ3n) is 2.08. The first kappa shape index (κ1) is 13.4. The minimum Gasteiger partial charge on any atom is -0.456 e. The molecule has 0 aliphatic carbocycles. The molecule has 0 aliphatic rings. The monoisotopic (exact) mass is 235 g/mol. The van der Waals surface area contributed by atoms with E-state index in [1.165, 1.54) is 0 Å². The van der Waals surface area contributed by atoms with Gasteiger partial charge in [0.25, 0.3) is 0 Å². The molecule has 0 fully saturated rings. The molecule has 0 heterocycles. The molecule has 1 aromatic carbocycles. The van der Waals surface area contributed by atoms with Crippen LogP contribution in [-0.4, -0.2) is 17.9 Å². The van der Waals surface area contributed by atoms with Crippen LogP contribution in [0.25, 0.3) is 0 Å². The number of hydrogen-bond donors (Lipinski definition) is 1. The number of benzene rings is 1. The van der Waals surface area contributed by atoms with Crippen LogP contribution in [0.2, 0.25) is 0 Å². The Bertz CT molecular complexity index is 404. The largest absolute Gasteiger partial charge is 0.456 e. The van der Waals surface area contributed by atoms with Crippen LogP contribution in [0, 0.1) is 0 Å². The van der Waals surface area contributed by atoms with Crippen molar-refractivity contribution in [3.63, 3.8) is 0 Å². The summed E-state index contributed by atoms with van der Waals surface area (Å²) < 4.78 is 5.21. The third kappa shape index (κ3) is 4.00. The first-order valence-corrected chi connectivity index (χ1v) is 5.37. The van der Waals surface area contributed by atoms with Crippen LogP contribution in [0.3, 0.4) is 0 Å². The fourth-order valence-corrected chi connectivity index (χ4v) is 1.26. The fraction of sp³-hybridized carbons (Fsp3) is 0.385. The van der Waals surface area contributed by atoms with E-state index in [9.17, 15) is 9.59 Å². The number of carbonyl (C=O) groups is 2. The van der Waals surface area contributed by atoms with Gasteiger partial charge in [-0.15, -0.1) is 0 Å². The number of nitrogens with two attached hydrogens (primary N) is 1. The third-order valence-corrected chi connectivity index (χ3v) is 2.08. The van der Waals surface area contributed by atoms with Gasteiger partial charge in [-0.2, -0.15) is 0 Å². The lowest BCUT2D eigenvalue weighted by atomic mass is 10.1. The average molecular weight is 235 g/mol. The Balaban J connectivity index is 2.81. The van der Waals surface area contributed by atoms with Gasteiger partial charge in [-0.05, 0) is 38.5 Å². The lowest BCUT2D eigenvalue weighted by Gasteiger charge is -2.19. The zero-order chi connectivity index (χ0) is 13.1. The number of rotatable bonds is 3. The predicted octanol–water partition coefficient (Wildman–Crippen LogP) is 1.84. The Labute approximate surface area is 101 Å². The summed E-state index contributed by atoms with van der Waals surface area (Å²) in [4.78, 5) is 22.2. The molecule has 17 heavy (non-hydrogen) atoms. The molecule has 0 radical (unpaired) electrons. The Kier molecular flexibility index (Phi) is 4.02. The molecular weight excluding hydrogens is 218 g/mol. The van der Waals surface area contributed by atoms with Gasteiger partial charge in [-0.25, -0.2) is 4.79 Å². The second-order valence-electron chi connectivity index (χ2n) is 4.79. The van der Waals surface area contributed by atoms with Crippen molar-refractivity contribution in [2.45, 2.75) is 32.4 Å². The van der Waals surface area contributed by atoms with Gasteiger partial charge in [-0.3, -0.25) is 0 Å². The van der Waals surface area contributed by atoms with Crippen molar-refractivity contribution < 1.29 is 14.3 Å². The molecule has 0 aliphatic heterocycles. The standard InChI is InChI=1S/C13H17NO3/c1-13(2,3)17-12(16)10-6-4-9(5-7-10)11(14)8-15/h4-8,11H,14H2,1-3H3/t11-/m0/s1. The van der Waals surface area contributed by atoms with Gasteiger partial charge in [0.1, 0.15) is 11.9 Å². The van der Waals surface area contributed by atoms with E-state index in [2.05, 4.69) is 0 Å². The van der Waals surface area contributed by atoms with Crippen LogP contribution < -0.4 is 5.73 Å². The SMILES string of the molecule is CC(C)(C)OC(=O)c1ccc([C@@H](N)C=O)cc1. The Morgan fingerprint density at radius 3 is 2.24 bits per heavy atom. The van der Waals surface area contributed by atoms with Crippen molar-refractivity contribution in [2.75, 3.05) is 0 Å². The second kappa shape index (κ2) is 5.10. The van der Waals surface area contributed by atoms with Crippen molar-refractivity contribution in [3.8, 4) is 0 Å². The lowest BCUT2D eigenvalue weighted by Crippen LogP contribution is -2.23. The van der Waals surface area contributed by atoms with Crippen LogP contribution in [0.1, 0.15) is 42.7 Å². The molecule has 0 bridgehead atoms. The fourth-order valence-electron chi connectivity index (χ4n) is 1.26. The topological polar surface area (TPSA) is 69.4 Å². The van der Waals surface area contributed by atoms with E-state index in [4.69, 9.17) is 10.5 Å². The van der Waals surface area contributed by atoms with Crippen LogP contribution in [0.4, 0.5) is 0 Å². The van der Waals surface area contributed by atoms with Crippen molar-refractivity contribution >= 4 is 12.3 Å². The highest BCUT2D eigenvalue weighted by Gasteiger charge is 2.17. The highest BCUT2D eigenvalue weighted by molar-refractivity contribution is 5.89. The van der Waals surface area contributed by atoms with E-state index in [1.54, 1.807) is 24.3 Å². The highest BCUT2D eigenvalue weighted by atomic mass is 16.6. The predicted molar refractivity (Wildman–Crippen MR) is 64.6 cm³/mol. The number of aldehydes is 1. The van der Waals surface area contributed by atoms with Crippen molar-refractivity contribution in [1.29, 1.82) is 0 Å². The molecule has 0 saturated carbocycles. The van der Waals surface area contributed by atoms with Crippen molar-refractivity contribution in [1.82, 2.24) is 0 Å². The molecular formula is C13H17NO3. The molecule has 0 spiro atoms. The zero-order valence-electron chi connectivity index (χ0n) is 10.3. The summed E-state index contributed by atoms with van der Waals surface area (Å²) in [5.41, 5.74) is 6.14. The summed E-state index contributed by atoms with van der Waals surface area (Å²) in [6.07, 6.45) is 0.655. The van der Waals surface area contributed by atoms with Gasteiger partial charge in [0.2, 0.25) is 0 Å². The van der Waals surface area contributed by atoms with Crippen molar-refractivity contribution in [3.05, 3.63) is 35.4 Å². The molecule has 1 atom stereocenters. The van der Waals surface area contributed by atoms with Gasteiger partial charge in [-0.1, -0.05) is 12.1 Å². The van der Waals surface area contributed by atoms with Gasteiger partial charge in [0.05, 0.1) is 11.6 Å². The summed E-state index contributed by atoms with van der Waals surface area (Å²) >= 11 is 0. The summed E-state index contributed by atoms with van der Waals surface area (Å²) in [5.74, 6) is -0.385. The van der Waals surface area contributed by atoms with Crippen LogP contribution in [0.15, 0.2) is 24.3 Å². The average Bonchev–Trinajstić information content (AvgIpc) is 2.26. The molecule has 92 valence electrons. The van der Waals surface area contributed by atoms with Crippen LogP contribution >= 0.6 is 0 Å². The van der Waals surface area contributed by atoms with Gasteiger partial charge < -0.3 is 15.3 Å². The van der Waals surface area contributed by atoms with Gasteiger partial charge in [0, 0.05) is 0 Å². The molecule has 0 saturated heterocycles. The molecule has 4 heteroatoms. The van der Waals surface area contributed by atoms with Crippen LogP contribution in [-0.2, 0) is 9.53 Å². The summed E-state index contributed by atoms with van der Waals surface area (Å²) in [6.45, 7) is 5.42. The Hall–Kier alpha value is -1.68. The van der Waals surface area contributed by atoms with E-state index < -0.39 is 11.6 Å². The van der Waals surface area contributed by atoms with E-state index >= 15 is 0 Å². The number of ether oxygens (including phenoxy) is 1. The molecule has 1 aromatic rings. The molecule has 1 rings (SSSR count). The highest BCUT2D eigenvalue weighted by Crippen LogP contribution is 2.14. The number of carbonyl (C=O) groups excluding carboxylic acids is 2. The maximum absolute atomic E-state index is 11.7. The zero-order valence-corrected chi connectivity index (χ0v) is 10.3. The first-order chi connectivity index (χ1) is 7.83. The summed E-state index contributed by atoms with van der Waals surface area (Å²) in [7, 11) is 0. The molecule has 0 unspecified atom stereocenters. The first-order valence-electron chi connectivity index (χ1n) is 5.37. The minimum absolute atomic E-state index is 0.385. The molecule has 2 N–H and O–H groups in total. The van der Waals surface area contributed by atoms with Gasteiger partial charge in [0.15, 0.2) is 0 Å². The Morgan fingerprint density at radius 2 is 1.82 bits per heavy atom. The Morgan fingerprint density at radius 1 is 1.29 bits per heavy atom. The summed E-state index contributed by atoms with van der Waals surface area (Å²) in [6, 6.07) is 5.86. The van der Waals surface area contributed by atoms with E-state index in [0.29, 0.717) is 17.4 Å². The second-order valence-corrected chi connectivity index (χ2v) is 4.79. The maximum Gasteiger partial charge on any atom is 0.338 e. The molecule has 4 nitrogen and oxygen atoms in total.